The number of halogens is 3. The molecule has 0 aliphatic carbocycles. The summed E-state index contributed by atoms with van der Waals surface area (Å²) in [7, 11) is 0. The Hall–Kier alpha value is -1.52. The van der Waals surface area contributed by atoms with Gasteiger partial charge in [0.05, 0.1) is 0 Å². The van der Waals surface area contributed by atoms with E-state index >= 15 is 0 Å². The summed E-state index contributed by atoms with van der Waals surface area (Å²) in [5.74, 6) is -7.18. The maximum atomic E-state index is 13.0. The number of aliphatic carboxylic acids is 1. The number of carboxylic acid groups (broad SMARTS) is 1. The molecule has 1 aromatic carbocycles. The second-order valence-corrected chi connectivity index (χ2v) is 2.79. The largest absolute Gasteiger partial charge is 0.477 e. The first-order chi connectivity index (χ1) is 6.37. The van der Waals surface area contributed by atoms with Crippen LogP contribution in [0.15, 0.2) is 18.2 Å². The molecule has 2 nitrogen and oxygen atoms in total. The number of hydrogen-bond donors (Lipinski definition) is 1. The molecule has 0 bridgehead atoms. The number of rotatable bonds is 2. The van der Waals surface area contributed by atoms with Crippen LogP contribution in [0.4, 0.5) is 13.2 Å². The summed E-state index contributed by atoms with van der Waals surface area (Å²) in [4.78, 5) is 10.2. The molecule has 5 heteroatoms. The van der Waals surface area contributed by atoms with E-state index in [1.807, 2.05) is 0 Å². The zero-order valence-electron chi connectivity index (χ0n) is 7.22. The molecule has 0 amide bonds. The van der Waals surface area contributed by atoms with Gasteiger partial charge in [0.25, 0.3) is 0 Å². The minimum Gasteiger partial charge on any atom is -0.477 e. The van der Waals surface area contributed by atoms with Crippen molar-refractivity contribution in [3.63, 3.8) is 0 Å². The molecule has 14 heavy (non-hydrogen) atoms. The molecule has 1 N–H and O–H groups in total. The molecule has 0 saturated carbocycles. The summed E-state index contributed by atoms with van der Waals surface area (Å²) < 4.78 is 38.8. The van der Waals surface area contributed by atoms with Crippen LogP contribution in [0.25, 0.3) is 0 Å². The van der Waals surface area contributed by atoms with E-state index in [9.17, 15) is 18.0 Å². The highest BCUT2D eigenvalue weighted by atomic mass is 19.3. The van der Waals surface area contributed by atoms with Gasteiger partial charge in [0, 0.05) is 5.56 Å². The second kappa shape index (κ2) is 3.32. The van der Waals surface area contributed by atoms with E-state index in [0.29, 0.717) is 0 Å². The van der Waals surface area contributed by atoms with Crippen molar-refractivity contribution >= 4 is 5.97 Å². The third-order valence-corrected chi connectivity index (χ3v) is 1.87. The van der Waals surface area contributed by atoms with Crippen LogP contribution in [0.5, 0.6) is 0 Å². The summed E-state index contributed by atoms with van der Waals surface area (Å²) in [6.07, 6.45) is 0. The van der Waals surface area contributed by atoms with Gasteiger partial charge in [-0.3, -0.25) is 0 Å². The maximum Gasteiger partial charge on any atom is 0.379 e. The fourth-order valence-electron chi connectivity index (χ4n) is 1.06. The average molecular weight is 204 g/mol. The van der Waals surface area contributed by atoms with Gasteiger partial charge in [-0.1, -0.05) is 12.1 Å². The highest BCUT2D eigenvalue weighted by Gasteiger charge is 2.42. The Morgan fingerprint density at radius 1 is 1.43 bits per heavy atom. The Morgan fingerprint density at radius 3 is 2.50 bits per heavy atom. The second-order valence-electron chi connectivity index (χ2n) is 2.79. The van der Waals surface area contributed by atoms with Crippen molar-refractivity contribution in [2.75, 3.05) is 0 Å². The molecule has 0 spiro atoms. The first-order valence-corrected chi connectivity index (χ1v) is 3.74. The maximum absolute atomic E-state index is 13.0. The molecule has 76 valence electrons. The molecule has 1 aromatic rings. The minimum absolute atomic E-state index is 0.347. The Balaban J connectivity index is 3.33. The Bertz CT molecular complexity index is 374. The molecule has 0 saturated heterocycles. The summed E-state index contributed by atoms with van der Waals surface area (Å²) in [5.41, 5.74) is -1.16. The molecule has 0 heterocycles. The first kappa shape index (κ1) is 10.6. The molecule has 0 fully saturated rings. The van der Waals surface area contributed by atoms with Gasteiger partial charge in [-0.15, -0.1) is 0 Å². The van der Waals surface area contributed by atoms with Gasteiger partial charge in [-0.05, 0) is 18.6 Å². The highest BCUT2D eigenvalue weighted by molar-refractivity contribution is 5.77. The van der Waals surface area contributed by atoms with Gasteiger partial charge >= 0.3 is 11.9 Å². The number of hydrogen-bond acceptors (Lipinski definition) is 1. The quantitative estimate of drug-likeness (QED) is 0.802. The van der Waals surface area contributed by atoms with Crippen LogP contribution < -0.4 is 0 Å². The van der Waals surface area contributed by atoms with Gasteiger partial charge < -0.3 is 5.11 Å². The van der Waals surface area contributed by atoms with Gasteiger partial charge in [0.2, 0.25) is 0 Å². The lowest BCUT2D eigenvalue weighted by Crippen LogP contribution is -2.26. The average Bonchev–Trinajstić information content (AvgIpc) is 2.09. The van der Waals surface area contributed by atoms with E-state index in [0.717, 1.165) is 25.1 Å². The van der Waals surface area contributed by atoms with Gasteiger partial charge in [0.1, 0.15) is 5.82 Å². The zero-order valence-corrected chi connectivity index (χ0v) is 7.22. The molecular weight excluding hydrogens is 197 g/mol. The Morgan fingerprint density at radius 2 is 2.00 bits per heavy atom. The lowest BCUT2D eigenvalue weighted by atomic mass is 10.0. The smallest absolute Gasteiger partial charge is 0.379 e. The van der Waals surface area contributed by atoms with Gasteiger partial charge in [0.15, 0.2) is 0 Å². The van der Waals surface area contributed by atoms with Crippen LogP contribution in [0.1, 0.15) is 11.1 Å². The van der Waals surface area contributed by atoms with Crippen molar-refractivity contribution in [1.82, 2.24) is 0 Å². The predicted molar refractivity (Wildman–Crippen MR) is 42.7 cm³/mol. The number of carbonyl (C=O) groups is 1. The fourth-order valence-corrected chi connectivity index (χ4v) is 1.06. The Kier molecular flexibility index (Phi) is 2.51. The van der Waals surface area contributed by atoms with E-state index in [1.54, 1.807) is 0 Å². The monoisotopic (exact) mass is 204 g/mol. The molecule has 0 aromatic heterocycles. The summed E-state index contributed by atoms with van der Waals surface area (Å²) in [6.45, 7) is 1.11. The van der Waals surface area contributed by atoms with Crippen molar-refractivity contribution in [3.05, 3.63) is 35.1 Å². The number of alkyl halides is 2. The van der Waals surface area contributed by atoms with Crippen LogP contribution >= 0.6 is 0 Å². The van der Waals surface area contributed by atoms with Crippen molar-refractivity contribution < 1.29 is 23.1 Å². The minimum atomic E-state index is -4.05. The van der Waals surface area contributed by atoms with Crippen molar-refractivity contribution in [2.24, 2.45) is 0 Å². The van der Waals surface area contributed by atoms with Crippen molar-refractivity contribution in [1.29, 1.82) is 0 Å². The SMILES string of the molecule is Cc1c(F)cccc1C(F)(F)C(=O)O. The third kappa shape index (κ3) is 1.57. The van der Waals surface area contributed by atoms with Crippen LogP contribution in [-0.2, 0) is 10.7 Å². The van der Waals surface area contributed by atoms with Gasteiger partial charge in [-0.2, -0.15) is 8.78 Å². The lowest BCUT2D eigenvalue weighted by Gasteiger charge is -2.14. The zero-order chi connectivity index (χ0) is 10.9. The van der Waals surface area contributed by atoms with Crippen LogP contribution in [-0.4, -0.2) is 11.1 Å². The Labute approximate surface area is 78.0 Å². The fraction of sp³-hybridized carbons (Fsp3) is 0.222. The molecule has 0 radical (unpaired) electrons. The molecule has 0 atom stereocenters. The number of benzene rings is 1. The summed E-state index contributed by atoms with van der Waals surface area (Å²) in [5, 5.41) is 8.24. The van der Waals surface area contributed by atoms with Gasteiger partial charge in [-0.25, -0.2) is 9.18 Å². The topological polar surface area (TPSA) is 37.3 Å². The first-order valence-electron chi connectivity index (χ1n) is 3.74. The molecule has 0 aliphatic heterocycles. The van der Waals surface area contributed by atoms with E-state index in [4.69, 9.17) is 5.11 Å². The van der Waals surface area contributed by atoms with E-state index < -0.39 is 23.3 Å². The van der Waals surface area contributed by atoms with Crippen LogP contribution in [0.3, 0.4) is 0 Å². The molecule has 0 unspecified atom stereocenters. The van der Waals surface area contributed by atoms with Crippen molar-refractivity contribution in [3.8, 4) is 0 Å². The normalized spacial score (nSPS) is 11.4. The van der Waals surface area contributed by atoms with E-state index in [2.05, 4.69) is 0 Å². The molecular formula is C9H7F3O2. The van der Waals surface area contributed by atoms with Crippen LogP contribution in [0.2, 0.25) is 0 Å². The highest BCUT2D eigenvalue weighted by Crippen LogP contribution is 2.31. The van der Waals surface area contributed by atoms with Crippen LogP contribution in [0, 0.1) is 12.7 Å². The van der Waals surface area contributed by atoms with E-state index in [-0.39, 0.29) is 5.56 Å². The molecule has 0 aliphatic rings. The summed E-state index contributed by atoms with van der Waals surface area (Å²) >= 11 is 0. The third-order valence-electron chi connectivity index (χ3n) is 1.87. The lowest BCUT2D eigenvalue weighted by molar-refractivity contribution is -0.166. The summed E-state index contributed by atoms with van der Waals surface area (Å²) in [6, 6.07) is 2.94. The molecule has 1 rings (SSSR count). The number of carboxylic acids is 1. The van der Waals surface area contributed by atoms with Crippen molar-refractivity contribution in [2.45, 2.75) is 12.8 Å². The standard InChI is InChI=1S/C9H7F3O2/c1-5-6(3-2-4-7(5)10)9(11,12)8(13)14/h2-4H,1H3,(H,13,14). The van der Waals surface area contributed by atoms with E-state index in [1.165, 1.54) is 0 Å². The predicted octanol–water partition coefficient (Wildman–Crippen LogP) is 2.31.